The van der Waals surface area contributed by atoms with Crippen molar-refractivity contribution in [1.29, 1.82) is 0 Å². The zero-order valence-corrected chi connectivity index (χ0v) is 21.4. The van der Waals surface area contributed by atoms with Crippen molar-refractivity contribution in [2.24, 2.45) is 11.3 Å². The van der Waals surface area contributed by atoms with Crippen molar-refractivity contribution in [2.45, 2.75) is 51.8 Å². The fourth-order valence-corrected chi connectivity index (χ4v) is 5.82. The molecule has 2 aromatic heterocycles. The first-order chi connectivity index (χ1) is 17.2. The molecule has 7 nitrogen and oxygen atoms in total. The molecule has 3 aromatic rings. The van der Waals surface area contributed by atoms with Gasteiger partial charge in [-0.05, 0) is 67.0 Å². The van der Waals surface area contributed by atoms with Crippen LogP contribution in [0.1, 0.15) is 56.3 Å². The third kappa shape index (κ3) is 5.67. The predicted molar refractivity (Wildman–Crippen MR) is 135 cm³/mol. The molecule has 1 aliphatic carbocycles. The molecule has 4 rings (SSSR count). The van der Waals surface area contributed by atoms with E-state index in [1.807, 2.05) is 26.8 Å². The van der Waals surface area contributed by atoms with E-state index in [0.717, 1.165) is 33.8 Å². The number of hydrogen-bond acceptors (Lipinski definition) is 7. The molecule has 1 fully saturated rings. The van der Waals surface area contributed by atoms with Crippen molar-refractivity contribution in [3.8, 4) is 10.4 Å². The summed E-state index contributed by atoms with van der Waals surface area (Å²) in [6.07, 6.45) is -1.04. The van der Waals surface area contributed by atoms with Crippen molar-refractivity contribution in [3.63, 3.8) is 0 Å². The SMILES string of the molecule is C=C(C)c1cc(Nc2nccc(C(F)(F)F)n2)cc(-c2cnc([C@@]3(O)CC[C@@H](C(=O)O)C(C)(C)C3)s2)c1. The van der Waals surface area contributed by atoms with Crippen molar-refractivity contribution >= 4 is 34.5 Å². The zero-order valence-electron chi connectivity index (χ0n) is 20.6. The number of aliphatic hydroxyl groups is 1. The van der Waals surface area contributed by atoms with E-state index in [1.54, 1.807) is 18.3 Å². The van der Waals surface area contributed by atoms with Gasteiger partial charge in [0.05, 0.1) is 10.8 Å². The molecule has 0 spiro atoms. The largest absolute Gasteiger partial charge is 0.481 e. The third-order valence-electron chi connectivity index (χ3n) is 6.65. The molecule has 0 radical (unpaired) electrons. The van der Waals surface area contributed by atoms with E-state index < -0.39 is 34.8 Å². The zero-order chi connectivity index (χ0) is 27.2. The molecule has 196 valence electrons. The molecule has 0 saturated heterocycles. The highest BCUT2D eigenvalue weighted by Gasteiger charge is 2.49. The Labute approximate surface area is 216 Å². The van der Waals surface area contributed by atoms with Crippen LogP contribution in [-0.4, -0.2) is 31.1 Å². The smallest absolute Gasteiger partial charge is 0.433 e. The maximum absolute atomic E-state index is 13.1. The van der Waals surface area contributed by atoms with E-state index in [9.17, 15) is 28.2 Å². The average molecular weight is 533 g/mol. The summed E-state index contributed by atoms with van der Waals surface area (Å²) in [5.41, 5.74) is -0.241. The number of carboxylic acids is 1. The Bertz CT molecular complexity index is 1350. The van der Waals surface area contributed by atoms with Crippen LogP contribution in [0, 0.1) is 11.3 Å². The first-order valence-electron chi connectivity index (χ1n) is 11.6. The van der Waals surface area contributed by atoms with Crippen molar-refractivity contribution < 1.29 is 28.2 Å². The number of nitrogens with one attached hydrogen (secondary N) is 1. The van der Waals surface area contributed by atoms with Gasteiger partial charge in [0, 0.05) is 18.1 Å². The number of halogens is 3. The second-order valence-electron chi connectivity index (χ2n) is 10.1. The molecule has 2 atom stereocenters. The first-order valence-corrected chi connectivity index (χ1v) is 12.4. The Hall–Kier alpha value is -3.31. The summed E-state index contributed by atoms with van der Waals surface area (Å²) < 4.78 is 39.2. The van der Waals surface area contributed by atoms with Crippen molar-refractivity contribution in [3.05, 3.63) is 59.5 Å². The Kier molecular flexibility index (Phi) is 6.89. The number of hydrogen-bond donors (Lipinski definition) is 3. The summed E-state index contributed by atoms with van der Waals surface area (Å²) in [5.74, 6) is -1.62. The molecule has 0 amide bonds. The number of nitrogens with zero attached hydrogens (tertiary/aromatic N) is 3. The molecular weight excluding hydrogens is 505 g/mol. The summed E-state index contributed by atoms with van der Waals surface area (Å²) in [6, 6.07) is 6.16. The Morgan fingerprint density at radius 1 is 1.24 bits per heavy atom. The number of alkyl halides is 3. The molecule has 2 heterocycles. The van der Waals surface area contributed by atoms with Gasteiger partial charge in [0.15, 0.2) is 0 Å². The monoisotopic (exact) mass is 532 g/mol. The van der Waals surface area contributed by atoms with Gasteiger partial charge < -0.3 is 15.5 Å². The van der Waals surface area contributed by atoms with Gasteiger partial charge in [-0.15, -0.1) is 11.3 Å². The second-order valence-corrected chi connectivity index (χ2v) is 11.2. The van der Waals surface area contributed by atoms with Crippen LogP contribution < -0.4 is 5.32 Å². The molecule has 0 unspecified atom stereocenters. The minimum absolute atomic E-state index is 0.198. The Morgan fingerprint density at radius 3 is 2.59 bits per heavy atom. The quantitative estimate of drug-likeness (QED) is 0.333. The van der Waals surface area contributed by atoms with Gasteiger partial charge in [0.25, 0.3) is 0 Å². The van der Waals surface area contributed by atoms with E-state index in [2.05, 4.69) is 26.8 Å². The van der Waals surface area contributed by atoms with Crippen LogP contribution in [-0.2, 0) is 16.6 Å². The molecule has 1 aliphatic rings. The van der Waals surface area contributed by atoms with E-state index in [4.69, 9.17) is 0 Å². The van der Waals surface area contributed by atoms with Crippen molar-refractivity contribution in [1.82, 2.24) is 15.0 Å². The van der Waals surface area contributed by atoms with Gasteiger partial charge in [-0.1, -0.05) is 26.0 Å². The van der Waals surface area contributed by atoms with E-state index >= 15 is 0 Å². The number of rotatable bonds is 6. The van der Waals surface area contributed by atoms with Gasteiger partial charge >= 0.3 is 12.1 Å². The topological polar surface area (TPSA) is 108 Å². The third-order valence-corrected chi connectivity index (χ3v) is 7.89. The van der Waals surface area contributed by atoms with Crippen LogP contribution in [0.15, 0.2) is 43.2 Å². The van der Waals surface area contributed by atoms with E-state index in [-0.39, 0.29) is 18.8 Å². The number of aliphatic carboxylic acids is 1. The fraction of sp³-hybridized carbons (Fsp3) is 0.385. The lowest BCUT2D eigenvalue weighted by Gasteiger charge is -2.44. The van der Waals surface area contributed by atoms with Crippen LogP contribution in [0.2, 0.25) is 0 Å². The lowest BCUT2D eigenvalue weighted by Crippen LogP contribution is -2.44. The summed E-state index contributed by atoms with van der Waals surface area (Å²) in [4.78, 5) is 24.3. The molecule has 1 saturated carbocycles. The summed E-state index contributed by atoms with van der Waals surface area (Å²) in [5, 5.41) is 24.3. The van der Waals surface area contributed by atoms with Gasteiger partial charge in [-0.25, -0.2) is 15.0 Å². The Balaban J connectivity index is 1.65. The number of allylic oxidation sites excluding steroid dienone is 1. The lowest BCUT2D eigenvalue weighted by molar-refractivity contribution is -0.154. The minimum Gasteiger partial charge on any atom is -0.481 e. The van der Waals surface area contributed by atoms with Crippen LogP contribution in [0.25, 0.3) is 16.0 Å². The van der Waals surface area contributed by atoms with Crippen LogP contribution in [0.5, 0.6) is 0 Å². The second kappa shape index (κ2) is 9.53. The normalized spacial score (nSPS) is 21.4. The highest BCUT2D eigenvalue weighted by atomic mass is 32.1. The fourth-order valence-electron chi connectivity index (χ4n) is 4.80. The summed E-state index contributed by atoms with van der Waals surface area (Å²) in [6.45, 7) is 9.47. The number of anilines is 2. The van der Waals surface area contributed by atoms with Gasteiger partial charge in [-0.3, -0.25) is 4.79 Å². The van der Waals surface area contributed by atoms with Gasteiger partial charge in [0.1, 0.15) is 16.3 Å². The molecule has 1 aromatic carbocycles. The van der Waals surface area contributed by atoms with Crippen LogP contribution in [0.4, 0.5) is 24.8 Å². The molecule has 3 N–H and O–H groups in total. The maximum atomic E-state index is 13.1. The average Bonchev–Trinajstić information content (AvgIpc) is 3.29. The molecule has 0 aliphatic heterocycles. The van der Waals surface area contributed by atoms with Gasteiger partial charge in [-0.2, -0.15) is 13.2 Å². The van der Waals surface area contributed by atoms with Crippen molar-refractivity contribution in [2.75, 3.05) is 5.32 Å². The number of benzene rings is 1. The van der Waals surface area contributed by atoms with E-state index in [0.29, 0.717) is 17.1 Å². The number of aromatic nitrogens is 3. The Morgan fingerprint density at radius 2 is 1.97 bits per heavy atom. The molecular formula is C26H27F3N4O3S. The molecule has 11 heteroatoms. The van der Waals surface area contributed by atoms with Crippen LogP contribution in [0.3, 0.4) is 0 Å². The van der Waals surface area contributed by atoms with Gasteiger partial charge in [0.2, 0.25) is 5.95 Å². The summed E-state index contributed by atoms with van der Waals surface area (Å²) >= 11 is 1.30. The van der Waals surface area contributed by atoms with E-state index in [1.165, 1.54) is 11.3 Å². The first kappa shape index (κ1) is 26.7. The minimum atomic E-state index is -4.60. The number of carboxylic acid groups (broad SMARTS) is 1. The van der Waals surface area contributed by atoms with Crippen LogP contribution >= 0.6 is 11.3 Å². The number of thiazole rings is 1. The highest BCUT2D eigenvalue weighted by Crippen LogP contribution is 2.51. The lowest BCUT2D eigenvalue weighted by atomic mass is 9.63. The maximum Gasteiger partial charge on any atom is 0.433 e. The molecule has 0 bridgehead atoms. The summed E-state index contributed by atoms with van der Waals surface area (Å²) in [7, 11) is 0. The highest BCUT2D eigenvalue weighted by molar-refractivity contribution is 7.15. The standard InChI is InChI=1S/C26H27F3N4O3S/c1-14(2)15-9-16(11-17(10-15)32-23-30-8-6-20(33-23)26(27,28)29)19-12-31-22(37-19)25(36)7-5-18(21(34)35)24(3,4)13-25/h6,8-12,18,36H,1,5,7,13H2,2-4H3,(H,34,35)(H,30,32,33)/t18-,25+/m0/s1. The predicted octanol–water partition coefficient (Wildman–Crippen LogP) is 6.49. The number of carbonyl (C=O) groups is 1. The molecule has 37 heavy (non-hydrogen) atoms.